The predicted octanol–water partition coefficient (Wildman–Crippen LogP) is 2.43. The van der Waals surface area contributed by atoms with E-state index in [0.29, 0.717) is 13.0 Å². The number of methoxy groups -OCH3 is 1. The van der Waals surface area contributed by atoms with Crippen molar-refractivity contribution in [3.8, 4) is 0 Å². The first kappa shape index (κ1) is 18.9. The molecule has 1 amide bonds. The lowest BCUT2D eigenvalue weighted by molar-refractivity contribution is -0.124. The van der Waals surface area contributed by atoms with Gasteiger partial charge in [0.1, 0.15) is 0 Å². The average Bonchev–Trinajstić information content (AvgIpc) is 2.45. The van der Waals surface area contributed by atoms with Gasteiger partial charge in [-0.15, -0.1) is 12.4 Å². The molecule has 0 saturated carbocycles. The number of nitrogens with two attached hydrogens (primary N) is 1. The molecule has 5 heteroatoms. The fraction of sp³-hybridized carbons (Fsp3) is 0.533. The fourth-order valence-corrected chi connectivity index (χ4v) is 2.02. The topological polar surface area (TPSA) is 64.4 Å². The molecule has 0 saturated heterocycles. The summed E-state index contributed by atoms with van der Waals surface area (Å²) in [7, 11) is 1.57. The first-order chi connectivity index (χ1) is 9.21. The monoisotopic (exact) mass is 300 g/mol. The molecule has 1 aromatic rings. The van der Waals surface area contributed by atoms with Crippen LogP contribution >= 0.6 is 12.4 Å². The SMILES string of the molecule is CCCC(NC(=O)CC(CN)OC)c1ccccc1.Cl. The van der Waals surface area contributed by atoms with Gasteiger partial charge in [-0.05, 0) is 12.0 Å². The Bertz CT molecular complexity index is 369. The summed E-state index contributed by atoms with van der Waals surface area (Å²) in [4.78, 5) is 12.0. The van der Waals surface area contributed by atoms with Gasteiger partial charge < -0.3 is 15.8 Å². The van der Waals surface area contributed by atoms with Crippen molar-refractivity contribution in [2.75, 3.05) is 13.7 Å². The first-order valence-corrected chi connectivity index (χ1v) is 6.78. The molecule has 114 valence electrons. The third kappa shape index (κ3) is 6.37. The van der Waals surface area contributed by atoms with Crippen LogP contribution in [0, 0.1) is 0 Å². The zero-order chi connectivity index (χ0) is 14.1. The number of hydrogen-bond acceptors (Lipinski definition) is 3. The molecule has 2 atom stereocenters. The van der Waals surface area contributed by atoms with Crippen molar-refractivity contribution < 1.29 is 9.53 Å². The van der Waals surface area contributed by atoms with Crippen LogP contribution in [0.25, 0.3) is 0 Å². The number of amides is 1. The van der Waals surface area contributed by atoms with Crippen molar-refractivity contribution in [3.05, 3.63) is 35.9 Å². The van der Waals surface area contributed by atoms with Crippen molar-refractivity contribution in [1.29, 1.82) is 0 Å². The van der Waals surface area contributed by atoms with E-state index in [1.165, 1.54) is 0 Å². The quantitative estimate of drug-likeness (QED) is 0.775. The fourth-order valence-electron chi connectivity index (χ4n) is 2.02. The molecule has 0 aliphatic carbocycles. The summed E-state index contributed by atoms with van der Waals surface area (Å²) in [6, 6.07) is 10.1. The second-order valence-electron chi connectivity index (χ2n) is 4.62. The van der Waals surface area contributed by atoms with Gasteiger partial charge in [-0.25, -0.2) is 0 Å². The highest BCUT2D eigenvalue weighted by molar-refractivity contribution is 5.85. The summed E-state index contributed by atoms with van der Waals surface area (Å²) < 4.78 is 5.13. The zero-order valence-electron chi connectivity index (χ0n) is 12.2. The van der Waals surface area contributed by atoms with Crippen molar-refractivity contribution in [2.24, 2.45) is 5.73 Å². The standard InChI is InChI=1S/C15H24N2O2.ClH/c1-3-7-14(12-8-5-4-6-9-12)17-15(18)10-13(11-16)19-2;/h4-6,8-9,13-14H,3,7,10-11,16H2,1-2H3,(H,17,18);1H. The van der Waals surface area contributed by atoms with E-state index >= 15 is 0 Å². The third-order valence-corrected chi connectivity index (χ3v) is 3.12. The molecule has 1 aromatic carbocycles. The minimum atomic E-state index is -0.210. The predicted molar refractivity (Wildman–Crippen MR) is 84.0 cm³/mol. The van der Waals surface area contributed by atoms with Crippen LogP contribution in [-0.4, -0.2) is 25.7 Å². The van der Waals surface area contributed by atoms with Gasteiger partial charge in [0.15, 0.2) is 0 Å². The van der Waals surface area contributed by atoms with E-state index in [4.69, 9.17) is 10.5 Å². The minimum Gasteiger partial charge on any atom is -0.380 e. The van der Waals surface area contributed by atoms with Gasteiger partial charge in [0.2, 0.25) is 5.91 Å². The Hall–Kier alpha value is -1.10. The van der Waals surface area contributed by atoms with Crippen LogP contribution in [0.4, 0.5) is 0 Å². The molecule has 20 heavy (non-hydrogen) atoms. The highest BCUT2D eigenvalue weighted by atomic mass is 35.5. The summed E-state index contributed by atoms with van der Waals surface area (Å²) in [5.74, 6) is -0.0143. The number of ether oxygens (including phenoxy) is 1. The lowest BCUT2D eigenvalue weighted by Gasteiger charge is -2.20. The molecule has 3 N–H and O–H groups in total. The molecule has 2 unspecified atom stereocenters. The van der Waals surface area contributed by atoms with E-state index in [9.17, 15) is 4.79 Å². The van der Waals surface area contributed by atoms with Crippen LogP contribution in [0.3, 0.4) is 0 Å². The molecule has 0 fully saturated rings. The molecule has 0 heterocycles. The Labute approximate surface area is 127 Å². The number of hydrogen-bond donors (Lipinski definition) is 2. The number of halogens is 1. The van der Waals surface area contributed by atoms with Gasteiger partial charge in [0.05, 0.1) is 18.6 Å². The summed E-state index contributed by atoms with van der Waals surface area (Å²) in [6.45, 7) is 2.47. The number of nitrogens with one attached hydrogen (secondary N) is 1. The number of carbonyl (C=O) groups excluding carboxylic acids is 1. The van der Waals surface area contributed by atoms with Crippen LogP contribution in [0.2, 0.25) is 0 Å². The molecule has 1 rings (SSSR count). The summed E-state index contributed by atoms with van der Waals surface area (Å²) in [5, 5.41) is 3.06. The Morgan fingerprint density at radius 3 is 2.50 bits per heavy atom. The average molecular weight is 301 g/mol. The normalized spacial score (nSPS) is 13.2. The lowest BCUT2D eigenvalue weighted by Crippen LogP contribution is -2.34. The summed E-state index contributed by atoms with van der Waals surface area (Å²) >= 11 is 0. The highest BCUT2D eigenvalue weighted by Crippen LogP contribution is 2.18. The van der Waals surface area contributed by atoms with Crippen LogP contribution in [0.1, 0.15) is 37.8 Å². The third-order valence-electron chi connectivity index (χ3n) is 3.12. The van der Waals surface area contributed by atoms with Crippen LogP contribution < -0.4 is 11.1 Å². The van der Waals surface area contributed by atoms with Gasteiger partial charge in [0.25, 0.3) is 0 Å². The second kappa shape index (κ2) is 10.7. The maximum absolute atomic E-state index is 12.0. The van der Waals surface area contributed by atoms with Crippen LogP contribution in [-0.2, 0) is 9.53 Å². The number of benzene rings is 1. The van der Waals surface area contributed by atoms with E-state index in [2.05, 4.69) is 12.2 Å². The molecule has 0 bridgehead atoms. The largest absolute Gasteiger partial charge is 0.380 e. The van der Waals surface area contributed by atoms with Gasteiger partial charge in [-0.2, -0.15) is 0 Å². The van der Waals surface area contributed by atoms with Crippen molar-refractivity contribution in [1.82, 2.24) is 5.32 Å². The van der Waals surface area contributed by atoms with Gasteiger partial charge in [-0.3, -0.25) is 4.79 Å². The highest BCUT2D eigenvalue weighted by Gasteiger charge is 2.16. The molecule has 0 aromatic heterocycles. The molecular formula is C15H25ClN2O2. The van der Waals surface area contributed by atoms with E-state index in [-0.39, 0.29) is 30.5 Å². The maximum atomic E-state index is 12.0. The van der Waals surface area contributed by atoms with E-state index < -0.39 is 0 Å². The first-order valence-electron chi connectivity index (χ1n) is 6.78. The Morgan fingerprint density at radius 1 is 1.35 bits per heavy atom. The zero-order valence-corrected chi connectivity index (χ0v) is 13.0. The Morgan fingerprint density at radius 2 is 2.00 bits per heavy atom. The summed E-state index contributed by atoms with van der Waals surface area (Å²) in [6.07, 6.45) is 2.04. The molecule has 4 nitrogen and oxygen atoms in total. The molecule has 0 aliphatic heterocycles. The molecule has 0 spiro atoms. The number of carbonyl (C=O) groups is 1. The Balaban J connectivity index is 0.00000361. The van der Waals surface area contributed by atoms with Crippen molar-refractivity contribution in [2.45, 2.75) is 38.3 Å². The van der Waals surface area contributed by atoms with Crippen LogP contribution in [0.5, 0.6) is 0 Å². The molecule has 0 aliphatic rings. The van der Waals surface area contributed by atoms with Crippen molar-refractivity contribution in [3.63, 3.8) is 0 Å². The Kier molecular flexibility index (Phi) is 10.1. The van der Waals surface area contributed by atoms with E-state index in [1.807, 2.05) is 30.3 Å². The summed E-state index contributed by atoms with van der Waals surface area (Å²) in [5.41, 5.74) is 6.67. The van der Waals surface area contributed by atoms with Crippen molar-refractivity contribution >= 4 is 18.3 Å². The van der Waals surface area contributed by atoms with Crippen LogP contribution in [0.15, 0.2) is 30.3 Å². The van der Waals surface area contributed by atoms with Gasteiger partial charge in [-0.1, -0.05) is 43.7 Å². The number of rotatable bonds is 8. The maximum Gasteiger partial charge on any atom is 0.223 e. The molecular weight excluding hydrogens is 276 g/mol. The second-order valence-corrected chi connectivity index (χ2v) is 4.62. The lowest BCUT2D eigenvalue weighted by atomic mass is 10.0. The van der Waals surface area contributed by atoms with Gasteiger partial charge >= 0.3 is 0 Å². The molecule has 0 radical (unpaired) electrons. The van der Waals surface area contributed by atoms with Gasteiger partial charge in [0, 0.05) is 13.7 Å². The van der Waals surface area contributed by atoms with E-state index in [1.54, 1.807) is 7.11 Å². The smallest absolute Gasteiger partial charge is 0.223 e. The minimum absolute atomic E-state index is 0. The van der Waals surface area contributed by atoms with E-state index in [0.717, 1.165) is 18.4 Å².